The Bertz CT molecular complexity index is 2510. The highest BCUT2D eigenvalue weighted by Gasteiger charge is 2.22. The van der Waals surface area contributed by atoms with Crippen LogP contribution in [0, 0.1) is 0 Å². The summed E-state index contributed by atoms with van der Waals surface area (Å²) in [5, 5.41) is 11.9. The van der Waals surface area contributed by atoms with Gasteiger partial charge in [-0.1, -0.05) is 348 Å². The first kappa shape index (κ1) is 96.6. The van der Waals surface area contributed by atoms with Gasteiger partial charge in [-0.15, -0.1) is 0 Å². The third-order valence-corrected chi connectivity index (χ3v) is 16.7. The Labute approximate surface area is 632 Å². The van der Waals surface area contributed by atoms with Crippen LogP contribution in [0.1, 0.15) is 296 Å². The molecule has 0 saturated heterocycles. The quantitative estimate of drug-likeness (QED) is 0.0195. The number of unbranched alkanes of at least 4 members (excludes halogenated alkanes) is 22. The van der Waals surface area contributed by atoms with Gasteiger partial charge in [-0.3, -0.25) is 9.59 Å². The van der Waals surface area contributed by atoms with E-state index in [-0.39, 0.29) is 38.6 Å². The average Bonchev–Trinajstić information content (AvgIpc) is 0.985. The molecule has 2 unspecified atom stereocenters. The molecular formula is C94H149NO8. The van der Waals surface area contributed by atoms with E-state index in [2.05, 4.69) is 233 Å². The van der Waals surface area contributed by atoms with E-state index in [1.165, 1.54) is 96.3 Å². The number of hydrogen-bond acceptors (Lipinski definition) is 8. The van der Waals surface area contributed by atoms with E-state index in [4.69, 9.17) is 18.9 Å². The molecule has 0 aromatic rings. The van der Waals surface area contributed by atoms with E-state index >= 15 is 0 Å². The summed E-state index contributed by atoms with van der Waals surface area (Å²) < 4.78 is 22.8. The molecule has 578 valence electrons. The Hall–Kier alpha value is -6.39. The number of carboxylic acids is 1. The molecule has 0 aromatic heterocycles. The van der Waals surface area contributed by atoms with Gasteiger partial charge in [-0.05, 0) is 154 Å². The fourth-order valence-electron chi connectivity index (χ4n) is 10.6. The van der Waals surface area contributed by atoms with Crippen LogP contribution < -0.4 is 5.11 Å². The Kier molecular flexibility index (Phi) is 76.2. The van der Waals surface area contributed by atoms with Gasteiger partial charge >= 0.3 is 11.9 Å². The first-order valence-electron chi connectivity index (χ1n) is 40.9. The first-order chi connectivity index (χ1) is 50.6. The molecular weight excluding hydrogens is 1270 g/mol. The second-order valence-corrected chi connectivity index (χ2v) is 27.6. The molecule has 0 spiro atoms. The smallest absolute Gasteiger partial charge is 0.306 e. The minimum atomic E-state index is -1.64. The summed E-state index contributed by atoms with van der Waals surface area (Å²) in [6.45, 7) is 4.49. The van der Waals surface area contributed by atoms with Gasteiger partial charge in [0, 0.05) is 12.8 Å². The van der Waals surface area contributed by atoms with Crippen molar-refractivity contribution in [3.05, 3.63) is 219 Å². The number of allylic oxidation sites excluding steroid dienone is 36. The summed E-state index contributed by atoms with van der Waals surface area (Å²) in [5.74, 6) is -2.32. The third-order valence-electron chi connectivity index (χ3n) is 16.7. The number of rotatable bonds is 73. The minimum Gasteiger partial charge on any atom is -0.545 e. The van der Waals surface area contributed by atoms with Gasteiger partial charge in [0.2, 0.25) is 0 Å². The van der Waals surface area contributed by atoms with E-state index < -0.39 is 24.3 Å². The summed E-state index contributed by atoms with van der Waals surface area (Å²) in [6.07, 6.45) is 125. The van der Waals surface area contributed by atoms with Crippen LogP contribution in [0.25, 0.3) is 0 Å². The summed E-state index contributed by atoms with van der Waals surface area (Å²) in [6, 6.07) is 0. The monoisotopic (exact) mass is 1420 g/mol. The maximum atomic E-state index is 13.0. The summed E-state index contributed by atoms with van der Waals surface area (Å²) in [5.41, 5.74) is 0. The molecule has 0 heterocycles. The van der Waals surface area contributed by atoms with Gasteiger partial charge in [0.05, 0.1) is 40.3 Å². The molecule has 0 bridgehead atoms. The number of carboxylic acid groups (broad SMARTS) is 1. The third kappa shape index (κ3) is 82.8. The molecule has 9 nitrogen and oxygen atoms in total. The summed E-state index contributed by atoms with van der Waals surface area (Å²) in [4.78, 5) is 37.6. The van der Waals surface area contributed by atoms with Crippen molar-refractivity contribution in [2.24, 2.45) is 0 Å². The zero-order chi connectivity index (χ0) is 74.6. The van der Waals surface area contributed by atoms with Gasteiger partial charge in [0.25, 0.3) is 0 Å². The number of hydrogen-bond donors (Lipinski definition) is 0. The Morgan fingerprint density at radius 2 is 0.524 bits per heavy atom. The number of aliphatic carboxylic acids is 1. The summed E-state index contributed by atoms with van der Waals surface area (Å²) >= 11 is 0. The van der Waals surface area contributed by atoms with Crippen molar-refractivity contribution >= 4 is 17.9 Å². The second kappa shape index (κ2) is 81.3. The molecule has 2 atom stereocenters. The topological polar surface area (TPSA) is 111 Å². The normalized spacial score (nSPS) is 13.8. The number of quaternary nitrogens is 1. The van der Waals surface area contributed by atoms with Crippen molar-refractivity contribution < 1.29 is 42.9 Å². The number of esters is 2. The minimum absolute atomic E-state index is 0.134. The number of carbonyl (C=O) groups is 3. The lowest BCUT2D eigenvalue weighted by Gasteiger charge is -2.26. The Morgan fingerprint density at radius 3 is 0.777 bits per heavy atom. The van der Waals surface area contributed by atoms with Crippen molar-refractivity contribution in [3.8, 4) is 0 Å². The maximum Gasteiger partial charge on any atom is 0.306 e. The van der Waals surface area contributed by atoms with Crippen LogP contribution in [0.4, 0.5) is 0 Å². The van der Waals surface area contributed by atoms with Gasteiger partial charge in [0.15, 0.2) is 12.4 Å². The van der Waals surface area contributed by atoms with Crippen LogP contribution in [0.5, 0.6) is 0 Å². The molecule has 9 heteroatoms. The average molecular weight is 1420 g/mol. The highest BCUT2D eigenvalue weighted by molar-refractivity contribution is 5.70. The number of likely N-dealkylation sites (N-methyl/N-ethyl adjacent to an activating group) is 1. The number of carbonyl (C=O) groups excluding carboxylic acids is 3. The van der Waals surface area contributed by atoms with Crippen LogP contribution in [0.15, 0.2) is 219 Å². The predicted octanol–water partition coefficient (Wildman–Crippen LogP) is 25.5. The van der Waals surface area contributed by atoms with Crippen LogP contribution >= 0.6 is 0 Å². The SMILES string of the molecule is CC/C=C\C/C=C\C/C=C\C/C=C\C/C=C\C/C=C\C/C=C\C/C=C\C/C=C\C/C=C\C/C=C\CCCCCCCC(=O)OC(COC(=O)CCCCCCCCCCCCCCCCCCC/C=C\C/C=C\C/C=C\C/C=C\C/C=C\C/C=C\C/C=C\CC)COC(OCC[N+](C)(C)C)C(=O)[O-]. The number of ether oxygens (including phenoxy) is 4. The molecule has 0 aliphatic carbocycles. The van der Waals surface area contributed by atoms with Crippen LogP contribution in [0.2, 0.25) is 0 Å². The Morgan fingerprint density at radius 1 is 0.291 bits per heavy atom. The van der Waals surface area contributed by atoms with Gasteiger partial charge in [-0.25, -0.2) is 0 Å². The zero-order valence-electron chi connectivity index (χ0n) is 66.1. The molecule has 0 aromatic carbocycles. The van der Waals surface area contributed by atoms with Gasteiger partial charge < -0.3 is 33.3 Å². The Balaban J connectivity index is 4.14. The molecule has 0 aliphatic heterocycles. The number of nitrogens with zero attached hydrogens (tertiary/aromatic N) is 1. The molecule has 0 fully saturated rings. The largest absolute Gasteiger partial charge is 0.545 e. The molecule has 0 saturated carbocycles. The highest BCUT2D eigenvalue weighted by atomic mass is 16.7. The lowest BCUT2D eigenvalue weighted by molar-refractivity contribution is -0.870. The molecule has 0 amide bonds. The molecule has 0 N–H and O–H groups in total. The predicted molar refractivity (Wildman–Crippen MR) is 443 cm³/mol. The van der Waals surface area contributed by atoms with E-state index in [1.807, 2.05) is 21.1 Å². The van der Waals surface area contributed by atoms with Crippen LogP contribution in [-0.4, -0.2) is 82.3 Å². The lowest BCUT2D eigenvalue weighted by Crippen LogP contribution is -2.44. The molecule has 0 radical (unpaired) electrons. The van der Waals surface area contributed by atoms with Crippen molar-refractivity contribution in [2.45, 2.75) is 309 Å². The zero-order valence-corrected chi connectivity index (χ0v) is 66.1. The van der Waals surface area contributed by atoms with Crippen molar-refractivity contribution in [2.75, 3.05) is 47.5 Å². The molecule has 103 heavy (non-hydrogen) atoms. The fourth-order valence-corrected chi connectivity index (χ4v) is 10.6. The van der Waals surface area contributed by atoms with Crippen LogP contribution in [-0.2, 0) is 33.3 Å². The standard InChI is InChI=1S/C94H149NO8/c1-6-8-10-12-14-16-18-20-22-24-26-28-30-32-34-36-38-40-42-44-46-48-50-52-54-56-58-60-62-64-66-68-70-72-74-76-78-80-82-84-91(96)101-88-90(89-102-94(93(98)99)100-87-86-95(3,4)5)103-92(97)85-83-81-79-77-75-73-71-69-67-65-63-61-59-57-55-53-51-49-47-45-43-41-39-37-35-33-31-29-27-25-23-21-19-17-15-13-11-9-7-2/h8-11,14-17,20-23,26-29,32-35,38-41,44-47,51,53,57,59,63,65,69,71,90,94H,6-7,12-13,18-19,24-25,30-31,36-37,42-43,48-50,52,54-56,58,60-62,64,66-68,70,72-89H2,1-5H3/b10-8-,11-9-,16-14-,17-15-,22-20-,23-21-,28-26-,29-27-,34-32-,35-33-,40-38-,41-39-,46-44-,47-45-,53-51-,59-57-,65-63-,71-69-. The van der Waals surface area contributed by atoms with Crippen LogP contribution in [0.3, 0.4) is 0 Å². The van der Waals surface area contributed by atoms with Crippen molar-refractivity contribution in [1.29, 1.82) is 0 Å². The van der Waals surface area contributed by atoms with Crippen molar-refractivity contribution in [3.63, 3.8) is 0 Å². The van der Waals surface area contributed by atoms with E-state index in [9.17, 15) is 19.5 Å². The second-order valence-electron chi connectivity index (χ2n) is 27.6. The lowest BCUT2D eigenvalue weighted by atomic mass is 10.0. The molecule has 0 rings (SSSR count). The van der Waals surface area contributed by atoms with Gasteiger partial charge in [-0.2, -0.15) is 0 Å². The fraction of sp³-hybridized carbons (Fsp3) is 0.585. The van der Waals surface area contributed by atoms with E-state index in [0.29, 0.717) is 17.4 Å². The first-order valence-corrected chi connectivity index (χ1v) is 40.9. The maximum absolute atomic E-state index is 13.0. The van der Waals surface area contributed by atoms with E-state index in [1.54, 1.807) is 0 Å². The summed E-state index contributed by atoms with van der Waals surface area (Å²) in [7, 11) is 5.92. The molecule has 0 aliphatic rings. The van der Waals surface area contributed by atoms with E-state index in [0.717, 1.165) is 167 Å². The highest BCUT2D eigenvalue weighted by Crippen LogP contribution is 2.17. The van der Waals surface area contributed by atoms with Crippen molar-refractivity contribution in [1.82, 2.24) is 0 Å². The van der Waals surface area contributed by atoms with Gasteiger partial charge in [0.1, 0.15) is 13.2 Å².